The molecule has 0 radical (unpaired) electrons. The maximum absolute atomic E-state index is 12.3. The lowest BCUT2D eigenvalue weighted by molar-refractivity contribution is -0.384. The largest absolute Gasteiger partial charge is 0.507 e. The van der Waals surface area contributed by atoms with Gasteiger partial charge in [0.05, 0.1) is 4.92 Å². The van der Waals surface area contributed by atoms with E-state index in [9.17, 15) is 24.0 Å². The Morgan fingerprint density at radius 3 is 2.50 bits per heavy atom. The highest BCUT2D eigenvalue weighted by atomic mass is 19.3. The normalized spacial score (nSPS) is 11.0. The van der Waals surface area contributed by atoms with Gasteiger partial charge in [-0.3, -0.25) is 10.1 Å². The van der Waals surface area contributed by atoms with Gasteiger partial charge in [-0.1, -0.05) is 30.4 Å². The fourth-order valence-electron chi connectivity index (χ4n) is 1.79. The predicted molar refractivity (Wildman–Crippen MR) is 76.8 cm³/mol. The summed E-state index contributed by atoms with van der Waals surface area (Å²) in [6.45, 7) is -2.96. The highest BCUT2D eigenvalue weighted by Crippen LogP contribution is 2.27. The smallest absolute Gasteiger partial charge is 0.387 e. The number of halogens is 2. The van der Waals surface area contributed by atoms with E-state index < -0.39 is 11.5 Å². The fourth-order valence-corrected chi connectivity index (χ4v) is 1.79. The van der Waals surface area contributed by atoms with Crippen molar-refractivity contribution in [3.05, 3.63) is 63.7 Å². The van der Waals surface area contributed by atoms with Gasteiger partial charge in [-0.25, -0.2) is 0 Å². The van der Waals surface area contributed by atoms with Crippen LogP contribution in [0.5, 0.6) is 11.5 Å². The van der Waals surface area contributed by atoms with Crippen LogP contribution in [0.4, 0.5) is 14.5 Å². The van der Waals surface area contributed by atoms with Crippen molar-refractivity contribution in [2.45, 2.75) is 6.61 Å². The number of benzene rings is 2. The third kappa shape index (κ3) is 3.78. The van der Waals surface area contributed by atoms with Crippen molar-refractivity contribution in [1.29, 1.82) is 0 Å². The third-order valence-corrected chi connectivity index (χ3v) is 2.80. The molecule has 0 unspecified atom stereocenters. The van der Waals surface area contributed by atoms with Crippen LogP contribution >= 0.6 is 0 Å². The SMILES string of the molecule is O=[N+]([O-])c1ccc(O)c(C=Cc2ccccc2OC(F)F)c1. The van der Waals surface area contributed by atoms with E-state index in [0.29, 0.717) is 5.56 Å². The molecule has 22 heavy (non-hydrogen) atoms. The summed E-state index contributed by atoms with van der Waals surface area (Å²) in [6, 6.07) is 9.63. The van der Waals surface area contributed by atoms with Gasteiger partial charge in [0.15, 0.2) is 0 Å². The van der Waals surface area contributed by atoms with E-state index in [2.05, 4.69) is 4.74 Å². The van der Waals surface area contributed by atoms with Crippen LogP contribution < -0.4 is 4.74 Å². The van der Waals surface area contributed by atoms with E-state index >= 15 is 0 Å². The number of nitro groups is 1. The Balaban J connectivity index is 2.33. The summed E-state index contributed by atoms with van der Waals surface area (Å²) in [7, 11) is 0. The number of alkyl halides is 2. The summed E-state index contributed by atoms with van der Waals surface area (Å²) in [4.78, 5) is 10.1. The molecule has 0 heterocycles. The lowest BCUT2D eigenvalue weighted by atomic mass is 10.1. The van der Waals surface area contributed by atoms with Crippen LogP contribution in [0.25, 0.3) is 12.2 Å². The van der Waals surface area contributed by atoms with Crippen molar-refractivity contribution < 1.29 is 23.5 Å². The summed E-state index contributed by atoms with van der Waals surface area (Å²) < 4.78 is 29.0. The van der Waals surface area contributed by atoms with Crippen molar-refractivity contribution in [3.8, 4) is 11.5 Å². The molecule has 114 valence electrons. The van der Waals surface area contributed by atoms with Gasteiger partial charge >= 0.3 is 6.61 Å². The second-order valence-corrected chi connectivity index (χ2v) is 4.25. The molecule has 0 atom stereocenters. The quantitative estimate of drug-likeness (QED) is 0.513. The van der Waals surface area contributed by atoms with Gasteiger partial charge in [0, 0.05) is 23.3 Å². The summed E-state index contributed by atoms with van der Waals surface area (Å²) in [5.41, 5.74) is 0.365. The van der Waals surface area contributed by atoms with Gasteiger partial charge in [-0.05, 0) is 12.1 Å². The Bertz CT molecular complexity index is 716. The van der Waals surface area contributed by atoms with Gasteiger partial charge in [-0.15, -0.1) is 0 Å². The van der Waals surface area contributed by atoms with Crippen LogP contribution in [0.15, 0.2) is 42.5 Å². The Hall–Kier alpha value is -2.96. The van der Waals surface area contributed by atoms with Crippen LogP contribution in [0, 0.1) is 10.1 Å². The summed E-state index contributed by atoms with van der Waals surface area (Å²) in [5, 5.41) is 20.4. The van der Waals surface area contributed by atoms with E-state index in [1.807, 2.05) is 0 Å². The number of aromatic hydroxyl groups is 1. The topological polar surface area (TPSA) is 72.6 Å². The molecule has 0 amide bonds. The minimum absolute atomic E-state index is 0.0290. The second kappa shape index (κ2) is 6.66. The molecule has 0 bridgehead atoms. The number of phenols is 1. The molecule has 0 aromatic heterocycles. The summed E-state index contributed by atoms with van der Waals surface area (Å²) >= 11 is 0. The minimum Gasteiger partial charge on any atom is -0.507 e. The molecule has 0 saturated heterocycles. The van der Waals surface area contributed by atoms with Gasteiger partial charge in [0.25, 0.3) is 5.69 Å². The number of non-ortho nitro benzene ring substituents is 1. The third-order valence-electron chi connectivity index (χ3n) is 2.80. The Labute approximate surface area is 124 Å². The number of rotatable bonds is 5. The molecular weight excluding hydrogens is 296 g/mol. The lowest BCUT2D eigenvalue weighted by Gasteiger charge is -2.07. The molecular formula is C15H11F2NO4. The predicted octanol–water partition coefficient (Wildman–Crippen LogP) is 4.07. The first kappa shape index (κ1) is 15.4. The molecule has 2 rings (SSSR count). The number of nitro benzene ring substituents is 1. The van der Waals surface area contributed by atoms with Crippen molar-refractivity contribution in [1.82, 2.24) is 0 Å². The minimum atomic E-state index is -2.96. The number of hydrogen-bond donors (Lipinski definition) is 1. The first-order chi connectivity index (χ1) is 10.5. The van der Waals surface area contributed by atoms with Gasteiger partial charge < -0.3 is 9.84 Å². The number of nitrogens with zero attached hydrogens (tertiary/aromatic N) is 1. The van der Waals surface area contributed by atoms with Crippen LogP contribution in [-0.4, -0.2) is 16.6 Å². The Morgan fingerprint density at radius 2 is 1.82 bits per heavy atom. The maximum atomic E-state index is 12.3. The molecule has 0 spiro atoms. The van der Waals surface area contributed by atoms with Gasteiger partial charge in [0.2, 0.25) is 0 Å². The number of hydrogen-bond acceptors (Lipinski definition) is 4. The zero-order chi connectivity index (χ0) is 16.1. The zero-order valence-corrected chi connectivity index (χ0v) is 11.1. The van der Waals surface area contributed by atoms with Gasteiger partial charge in [-0.2, -0.15) is 8.78 Å². The number of phenolic OH excluding ortho intramolecular Hbond substituents is 1. The molecule has 0 saturated carbocycles. The molecule has 0 fully saturated rings. The van der Waals surface area contributed by atoms with Crippen LogP contribution in [0.3, 0.4) is 0 Å². The first-order valence-corrected chi connectivity index (χ1v) is 6.16. The highest BCUT2D eigenvalue weighted by Gasteiger charge is 2.10. The van der Waals surface area contributed by atoms with E-state index in [1.54, 1.807) is 18.2 Å². The summed E-state index contributed by atoms with van der Waals surface area (Å²) in [6.07, 6.45) is 2.81. The molecule has 5 nitrogen and oxygen atoms in total. The molecule has 2 aromatic carbocycles. The Kier molecular flexibility index (Phi) is 4.67. The lowest BCUT2D eigenvalue weighted by Crippen LogP contribution is -2.02. The molecule has 0 aliphatic carbocycles. The van der Waals surface area contributed by atoms with Crippen molar-refractivity contribution in [2.75, 3.05) is 0 Å². The van der Waals surface area contributed by atoms with E-state index in [4.69, 9.17) is 0 Å². The first-order valence-electron chi connectivity index (χ1n) is 6.16. The second-order valence-electron chi connectivity index (χ2n) is 4.25. The fraction of sp³-hybridized carbons (Fsp3) is 0.0667. The molecule has 0 aliphatic rings. The monoisotopic (exact) mass is 307 g/mol. The van der Waals surface area contributed by atoms with E-state index in [0.717, 1.165) is 0 Å². The molecule has 2 aromatic rings. The van der Waals surface area contributed by atoms with Crippen molar-refractivity contribution >= 4 is 17.8 Å². The molecule has 0 aliphatic heterocycles. The number of para-hydroxylation sites is 1. The van der Waals surface area contributed by atoms with Gasteiger partial charge in [0.1, 0.15) is 11.5 Å². The average molecular weight is 307 g/mol. The standard InChI is InChI=1S/C15H11F2NO4/c16-15(17)22-14-4-2-1-3-10(14)5-6-11-9-12(18(20)21)7-8-13(11)19/h1-9,15,19H. The number of ether oxygens (including phenoxy) is 1. The maximum Gasteiger partial charge on any atom is 0.387 e. The average Bonchev–Trinajstić information content (AvgIpc) is 2.47. The highest BCUT2D eigenvalue weighted by molar-refractivity contribution is 5.75. The van der Waals surface area contributed by atoms with Crippen molar-refractivity contribution in [3.63, 3.8) is 0 Å². The van der Waals surface area contributed by atoms with E-state index in [-0.39, 0.29) is 22.7 Å². The zero-order valence-electron chi connectivity index (χ0n) is 11.1. The van der Waals surface area contributed by atoms with Crippen molar-refractivity contribution in [2.24, 2.45) is 0 Å². The molecule has 1 N–H and O–H groups in total. The van der Waals surface area contributed by atoms with Crippen LogP contribution in [-0.2, 0) is 0 Å². The summed E-state index contributed by atoms with van der Waals surface area (Å²) in [5.74, 6) is -0.187. The Morgan fingerprint density at radius 1 is 1.14 bits per heavy atom. The van der Waals surface area contributed by atoms with Crippen LogP contribution in [0.1, 0.15) is 11.1 Å². The van der Waals surface area contributed by atoms with Crippen LogP contribution in [0.2, 0.25) is 0 Å². The van der Waals surface area contributed by atoms with E-state index in [1.165, 1.54) is 36.4 Å². The molecule has 7 heteroatoms.